The van der Waals surface area contributed by atoms with E-state index in [2.05, 4.69) is 23.2 Å². The van der Waals surface area contributed by atoms with Gasteiger partial charge < -0.3 is 4.98 Å². The average molecular weight is 425 g/mol. The van der Waals surface area contributed by atoms with E-state index in [1.54, 1.807) is 0 Å². The maximum Gasteiger partial charge on any atom is 0.197 e. The lowest BCUT2D eigenvalue weighted by Crippen LogP contribution is -2.09. The molecule has 0 unspecified atom stereocenters. The first-order valence-corrected chi connectivity index (χ1v) is 10.9. The van der Waals surface area contributed by atoms with Crippen molar-refractivity contribution in [1.82, 2.24) is 4.98 Å². The number of carbonyl (C=O) groups excluding carboxylic acids is 1. The Morgan fingerprint density at radius 1 is 0.455 bits per heavy atom. The summed E-state index contributed by atoms with van der Waals surface area (Å²) in [4.78, 5) is 27.8. The fourth-order valence-electron chi connectivity index (χ4n) is 4.69. The molecule has 1 aliphatic carbocycles. The van der Waals surface area contributed by atoms with Crippen LogP contribution >= 0.6 is 0 Å². The molecule has 1 N–H and O–H groups in total. The summed E-state index contributed by atoms with van der Waals surface area (Å²) in [6.07, 6.45) is 0. The Kier molecular flexibility index (Phi) is 4.41. The lowest BCUT2D eigenvalue weighted by Gasteiger charge is -2.19. The third-order valence-electron chi connectivity index (χ3n) is 6.22. The van der Waals surface area contributed by atoms with Crippen molar-refractivity contribution in [1.29, 1.82) is 0 Å². The van der Waals surface area contributed by atoms with Gasteiger partial charge >= 0.3 is 0 Å². The number of aromatic nitrogens is 1. The molecule has 5 aromatic carbocycles. The van der Waals surface area contributed by atoms with E-state index >= 15 is 0 Å². The van der Waals surface area contributed by atoms with Gasteiger partial charge in [-0.25, -0.2) is 0 Å². The van der Waals surface area contributed by atoms with Crippen molar-refractivity contribution in [3.63, 3.8) is 0 Å². The van der Waals surface area contributed by atoms with Crippen LogP contribution in [0.4, 0.5) is 0 Å². The molecule has 1 aromatic heterocycles. The fourth-order valence-corrected chi connectivity index (χ4v) is 4.69. The molecule has 3 heteroatoms. The number of hydrogen-bond donors (Lipinski definition) is 1. The molecule has 0 spiro atoms. The highest BCUT2D eigenvalue weighted by Crippen LogP contribution is 2.38. The van der Waals surface area contributed by atoms with E-state index in [9.17, 15) is 9.59 Å². The third-order valence-corrected chi connectivity index (χ3v) is 6.22. The van der Waals surface area contributed by atoms with Gasteiger partial charge in [0.2, 0.25) is 0 Å². The molecule has 0 radical (unpaired) electrons. The van der Waals surface area contributed by atoms with Crippen molar-refractivity contribution >= 4 is 38.4 Å². The van der Waals surface area contributed by atoms with Crippen LogP contribution < -0.4 is 5.43 Å². The molecule has 0 amide bonds. The molecule has 0 atom stereocenters. The van der Waals surface area contributed by atoms with Gasteiger partial charge in [0.1, 0.15) is 0 Å². The van der Waals surface area contributed by atoms with Crippen LogP contribution in [-0.2, 0) is 0 Å². The summed E-state index contributed by atoms with van der Waals surface area (Å²) in [6, 6.07) is 35.1. The first-order chi connectivity index (χ1) is 16.2. The molecule has 1 heterocycles. The summed E-state index contributed by atoms with van der Waals surface area (Å²) in [5.74, 6) is 0.134. The molecule has 33 heavy (non-hydrogen) atoms. The van der Waals surface area contributed by atoms with Crippen LogP contribution in [0.25, 0.3) is 43.7 Å². The monoisotopic (exact) mass is 425 g/mol. The van der Waals surface area contributed by atoms with Crippen LogP contribution in [0.1, 0.15) is 15.9 Å². The molecule has 156 valence electrons. The normalized spacial score (nSPS) is 11.8. The minimum atomic E-state index is 0.0972. The number of pyridine rings is 1. The summed E-state index contributed by atoms with van der Waals surface area (Å²) < 4.78 is 0. The molecular weight excluding hydrogens is 406 g/mol. The van der Waals surface area contributed by atoms with Gasteiger partial charge in [0.25, 0.3) is 0 Å². The predicted octanol–water partition coefficient (Wildman–Crippen LogP) is 6.73. The standard InChI is InChI=1S/C17H10O.C13H9NO/c18-17-14-8-2-1-7-12(14)13-9-3-5-11-6-4-10-15(17)16(11)13;15-13-9-5-1-3-7-11(9)14-12-8-4-2-6-10(12)13/h1-10H;1-8H,(H,14,15). The van der Waals surface area contributed by atoms with E-state index < -0.39 is 0 Å². The minimum Gasteiger partial charge on any atom is -0.354 e. The number of H-pyrrole nitrogens is 1. The number of nitrogens with one attached hydrogen (secondary N) is 1. The van der Waals surface area contributed by atoms with Crippen LogP contribution in [0.5, 0.6) is 0 Å². The van der Waals surface area contributed by atoms with E-state index in [1.807, 2.05) is 91.0 Å². The van der Waals surface area contributed by atoms with Gasteiger partial charge in [0.05, 0.1) is 0 Å². The lowest BCUT2D eigenvalue weighted by molar-refractivity contribution is 0.104. The molecule has 0 saturated heterocycles. The summed E-state index contributed by atoms with van der Waals surface area (Å²) in [7, 11) is 0. The van der Waals surface area contributed by atoms with Gasteiger partial charge in [-0.1, -0.05) is 84.9 Å². The minimum absolute atomic E-state index is 0.0972. The van der Waals surface area contributed by atoms with Crippen molar-refractivity contribution in [2.24, 2.45) is 0 Å². The van der Waals surface area contributed by atoms with Crippen LogP contribution in [0.15, 0.2) is 114 Å². The highest BCUT2D eigenvalue weighted by atomic mass is 16.1. The van der Waals surface area contributed by atoms with E-state index in [0.29, 0.717) is 0 Å². The first kappa shape index (κ1) is 19.2. The van der Waals surface area contributed by atoms with Gasteiger partial charge in [-0.3, -0.25) is 9.59 Å². The Bertz CT molecular complexity index is 1700. The molecule has 0 saturated carbocycles. The highest BCUT2D eigenvalue weighted by molar-refractivity contribution is 6.25. The van der Waals surface area contributed by atoms with Gasteiger partial charge in [0.15, 0.2) is 11.2 Å². The molecule has 7 rings (SSSR count). The number of rotatable bonds is 0. The van der Waals surface area contributed by atoms with Crippen molar-refractivity contribution in [2.45, 2.75) is 0 Å². The quantitative estimate of drug-likeness (QED) is 0.274. The molecule has 1 aliphatic rings. The largest absolute Gasteiger partial charge is 0.354 e. The average Bonchev–Trinajstić information content (AvgIpc) is 2.88. The zero-order valence-corrected chi connectivity index (χ0v) is 17.7. The fraction of sp³-hybridized carbons (Fsp3) is 0. The van der Waals surface area contributed by atoms with Crippen molar-refractivity contribution in [3.8, 4) is 11.1 Å². The zero-order valence-electron chi connectivity index (χ0n) is 17.7. The third kappa shape index (κ3) is 3.06. The Morgan fingerprint density at radius 3 is 1.64 bits per heavy atom. The van der Waals surface area contributed by atoms with Crippen molar-refractivity contribution in [2.75, 3.05) is 0 Å². The van der Waals surface area contributed by atoms with E-state index in [1.165, 1.54) is 5.56 Å². The molecule has 0 aliphatic heterocycles. The topological polar surface area (TPSA) is 49.9 Å². The number of ketones is 1. The summed E-state index contributed by atoms with van der Waals surface area (Å²) in [6.45, 7) is 0. The second kappa shape index (κ2) is 7.57. The number of carbonyl (C=O) groups is 1. The van der Waals surface area contributed by atoms with Crippen LogP contribution in [0.2, 0.25) is 0 Å². The molecule has 6 aromatic rings. The molecular formula is C30H19NO2. The Morgan fingerprint density at radius 2 is 0.970 bits per heavy atom. The zero-order chi connectivity index (χ0) is 22.4. The van der Waals surface area contributed by atoms with Gasteiger partial charge in [-0.2, -0.15) is 0 Å². The van der Waals surface area contributed by atoms with Gasteiger partial charge in [-0.15, -0.1) is 0 Å². The molecule has 3 nitrogen and oxygen atoms in total. The van der Waals surface area contributed by atoms with E-state index in [-0.39, 0.29) is 11.2 Å². The smallest absolute Gasteiger partial charge is 0.197 e. The number of benzene rings is 5. The van der Waals surface area contributed by atoms with Crippen LogP contribution in [0, 0.1) is 0 Å². The van der Waals surface area contributed by atoms with Crippen molar-refractivity contribution in [3.05, 3.63) is 131 Å². The maximum atomic E-state index is 12.5. The SMILES string of the molecule is O=C1c2ccccc2-c2cccc3cccc1c23.O=c1c2ccccc2[nH]c2ccccc12. The van der Waals surface area contributed by atoms with Gasteiger partial charge in [-0.05, 0) is 40.8 Å². The molecule has 0 bridgehead atoms. The highest BCUT2D eigenvalue weighted by Gasteiger charge is 2.23. The lowest BCUT2D eigenvalue weighted by atomic mass is 9.83. The first-order valence-electron chi connectivity index (χ1n) is 10.9. The molecule has 0 fully saturated rings. The van der Waals surface area contributed by atoms with Crippen molar-refractivity contribution < 1.29 is 4.79 Å². The number of aromatic amines is 1. The second-order valence-corrected chi connectivity index (χ2v) is 8.13. The number of para-hydroxylation sites is 2. The Hall–Kier alpha value is -4.50. The summed E-state index contributed by atoms with van der Waals surface area (Å²) in [5, 5.41) is 3.71. The predicted molar refractivity (Wildman–Crippen MR) is 135 cm³/mol. The second-order valence-electron chi connectivity index (χ2n) is 8.13. The summed E-state index contributed by atoms with van der Waals surface area (Å²) >= 11 is 0. The van der Waals surface area contributed by atoms with E-state index in [0.717, 1.165) is 49.3 Å². The summed E-state index contributed by atoms with van der Waals surface area (Å²) in [5.41, 5.74) is 5.72. The Labute approximate surface area is 189 Å². The van der Waals surface area contributed by atoms with Crippen LogP contribution in [0.3, 0.4) is 0 Å². The Balaban J connectivity index is 0.000000127. The van der Waals surface area contributed by atoms with Crippen LogP contribution in [-0.4, -0.2) is 10.8 Å². The van der Waals surface area contributed by atoms with Gasteiger partial charge in [0, 0.05) is 38.3 Å². The maximum absolute atomic E-state index is 12.5. The number of hydrogen-bond acceptors (Lipinski definition) is 2. The van der Waals surface area contributed by atoms with E-state index in [4.69, 9.17) is 0 Å². The number of fused-ring (bicyclic) bond motifs is 4.